The number of fused-ring (bicyclic) bond motifs is 3. The van der Waals surface area contributed by atoms with Crippen LogP contribution in [0.5, 0.6) is 0 Å². The normalized spacial score (nSPS) is 17.6. The van der Waals surface area contributed by atoms with E-state index in [1.165, 1.54) is 25.8 Å². The molecule has 7 heteroatoms. The Balaban J connectivity index is 1.41. The second-order valence-corrected chi connectivity index (χ2v) is 8.02. The van der Waals surface area contributed by atoms with E-state index in [0.29, 0.717) is 11.9 Å². The molecule has 1 fully saturated rings. The monoisotopic (exact) mass is 401 g/mol. The summed E-state index contributed by atoms with van der Waals surface area (Å²) in [5.41, 5.74) is 2.69. The van der Waals surface area contributed by atoms with Gasteiger partial charge in [-0.2, -0.15) is 4.52 Å². The maximum atomic E-state index is 4.83. The van der Waals surface area contributed by atoms with E-state index in [1.807, 2.05) is 40.9 Å². The lowest BCUT2D eigenvalue weighted by atomic mass is 10.0. The standard InChI is InChI=1S/C23H27N7/c1-17-7-4-5-15-29(17)16-6-12-25-23-26-20-9-3-2-8-19(20)22-27-21(28-30(22)23)18-10-13-24-14-11-18/h2-3,8-11,13-14,17H,4-7,12,15-16H2,1H3,(H,25,26)/t17-/m0/s1. The second-order valence-electron chi connectivity index (χ2n) is 8.02. The van der Waals surface area contributed by atoms with Crippen molar-refractivity contribution in [3.05, 3.63) is 48.8 Å². The maximum absolute atomic E-state index is 4.83. The fraction of sp³-hybridized carbons (Fsp3) is 0.391. The fourth-order valence-corrected chi connectivity index (χ4v) is 4.27. The summed E-state index contributed by atoms with van der Waals surface area (Å²) in [7, 11) is 0. The lowest BCUT2D eigenvalue weighted by Gasteiger charge is -2.33. The van der Waals surface area contributed by atoms with Gasteiger partial charge < -0.3 is 10.2 Å². The van der Waals surface area contributed by atoms with E-state index >= 15 is 0 Å². The molecule has 0 spiro atoms. The molecule has 4 aromatic rings. The van der Waals surface area contributed by atoms with Crippen LogP contribution in [0.2, 0.25) is 0 Å². The van der Waals surface area contributed by atoms with Gasteiger partial charge in [-0.1, -0.05) is 18.6 Å². The van der Waals surface area contributed by atoms with E-state index in [-0.39, 0.29) is 0 Å². The molecule has 1 aliphatic heterocycles. The predicted octanol–water partition coefficient (Wildman–Crippen LogP) is 4.02. The molecule has 0 amide bonds. The number of piperidine rings is 1. The van der Waals surface area contributed by atoms with Gasteiger partial charge in [0.15, 0.2) is 11.5 Å². The number of pyridine rings is 1. The molecule has 0 bridgehead atoms. The highest BCUT2D eigenvalue weighted by Gasteiger charge is 2.18. The molecule has 0 unspecified atom stereocenters. The van der Waals surface area contributed by atoms with Crippen LogP contribution in [0.3, 0.4) is 0 Å². The third kappa shape index (κ3) is 3.73. The van der Waals surface area contributed by atoms with E-state index in [0.717, 1.165) is 47.6 Å². The summed E-state index contributed by atoms with van der Waals surface area (Å²) in [6, 6.07) is 12.6. The topological polar surface area (TPSA) is 71.2 Å². The minimum absolute atomic E-state index is 0.681. The molecule has 30 heavy (non-hydrogen) atoms. The number of likely N-dealkylation sites (tertiary alicyclic amines) is 1. The molecule has 0 saturated carbocycles. The fourth-order valence-electron chi connectivity index (χ4n) is 4.27. The first-order valence-electron chi connectivity index (χ1n) is 10.8. The average molecular weight is 402 g/mol. The molecule has 154 valence electrons. The van der Waals surface area contributed by atoms with E-state index < -0.39 is 0 Å². The molecule has 1 aromatic carbocycles. The number of para-hydroxylation sites is 1. The van der Waals surface area contributed by atoms with Gasteiger partial charge in [-0.25, -0.2) is 9.97 Å². The van der Waals surface area contributed by atoms with Crippen LogP contribution in [0.4, 0.5) is 5.95 Å². The lowest BCUT2D eigenvalue weighted by molar-refractivity contribution is 0.160. The van der Waals surface area contributed by atoms with Gasteiger partial charge in [0.2, 0.25) is 5.95 Å². The van der Waals surface area contributed by atoms with Crippen molar-refractivity contribution in [2.24, 2.45) is 0 Å². The van der Waals surface area contributed by atoms with Gasteiger partial charge in [-0.3, -0.25) is 4.98 Å². The number of rotatable bonds is 6. The van der Waals surface area contributed by atoms with Gasteiger partial charge in [0.1, 0.15) is 0 Å². The molecule has 1 aliphatic rings. The van der Waals surface area contributed by atoms with Crippen LogP contribution in [-0.2, 0) is 0 Å². The number of hydrogen-bond acceptors (Lipinski definition) is 6. The van der Waals surface area contributed by atoms with Crippen molar-refractivity contribution in [3.8, 4) is 11.4 Å². The molecule has 4 heterocycles. The molecule has 1 atom stereocenters. The van der Waals surface area contributed by atoms with Crippen molar-refractivity contribution < 1.29 is 0 Å². The zero-order valence-electron chi connectivity index (χ0n) is 17.3. The summed E-state index contributed by atoms with van der Waals surface area (Å²) in [5.74, 6) is 1.42. The number of aromatic nitrogens is 5. The van der Waals surface area contributed by atoms with Crippen LogP contribution in [-0.4, -0.2) is 55.1 Å². The van der Waals surface area contributed by atoms with E-state index in [1.54, 1.807) is 12.4 Å². The summed E-state index contributed by atoms with van der Waals surface area (Å²) in [5, 5.41) is 9.26. The third-order valence-corrected chi connectivity index (χ3v) is 5.96. The van der Waals surface area contributed by atoms with Gasteiger partial charge in [-0.15, -0.1) is 5.10 Å². The van der Waals surface area contributed by atoms with Crippen molar-refractivity contribution in [2.45, 2.75) is 38.6 Å². The molecule has 1 saturated heterocycles. The van der Waals surface area contributed by atoms with Gasteiger partial charge in [0, 0.05) is 42.5 Å². The van der Waals surface area contributed by atoms with Crippen LogP contribution in [0.15, 0.2) is 48.8 Å². The van der Waals surface area contributed by atoms with Crippen LogP contribution >= 0.6 is 0 Å². The Morgan fingerprint density at radius 2 is 1.93 bits per heavy atom. The molecule has 0 aliphatic carbocycles. The summed E-state index contributed by atoms with van der Waals surface area (Å²) in [4.78, 5) is 16.3. The van der Waals surface area contributed by atoms with Crippen molar-refractivity contribution in [1.29, 1.82) is 0 Å². The molecular formula is C23H27N7. The molecular weight excluding hydrogens is 374 g/mol. The Labute approximate surface area is 176 Å². The Kier molecular flexibility index (Phi) is 5.27. The Bertz CT molecular complexity index is 1140. The third-order valence-electron chi connectivity index (χ3n) is 5.96. The SMILES string of the molecule is C[C@H]1CCCCN1CCCNc1nc2ccccc2c2nc(-c3ccncc3)nn12. The Hall–Kier alpha value is -3.06. The summed E-state index contributed by atoms with van der Waals surface area (Å²) in [6.45, 7) is 5.54. The Morgan fingerprint density at radius 3 is 2.80 bits per heavy atom. The second kappa shape index (κ2) is 8.36. The highest BCUT2D eigenvalue weighted by Crippen LogP contribution is 2.24. The van der Waals surface area contributed by atoms with Crippen LogP contribution in [0.25, 0.3) is 27.9 Å². The molecule has 7 nitrogen and oxygen atoms in total. The first-order valence-corrected chi connectivity index (χ1v) is 10.8. The van der Waals surface area contributed by atoms with Crippen LogP contribution in [0.1, 0.15) is 32.6 Å². The molecule has 0 radical (unpaired) electrons. The quantitative estimate of drug-likeness (QED) is 0.492. The maximum Gasteiger partial charge on any atom is 0.226 e. The predicted molar refractivity (Wildman–Crippen MR) is 120 cm³/mol. The lowest BCUT2D eigenvalue weighted by Crippen LogP contribution is -2.38. The average Bonchev–Trinajstić information content (AvgIpc) is 3.24. The van der Waals surface area contributed by atoms with Crippen LogP contribution < -0.4 is 5.32 Å². The first kappa shape index (κ1) is 18.9. The van der Waals surface area contributed by atoms with Crippen molar-refractivity contribution in [1.82, 2.24) is 29.5 Å². The largest absolute Gasteiger partial charge is 0.354 e. The van der Waals surface area contributed by atoms with Crippen molar-refractivity contribution in [2.75, 3.05) is 25.0 Å². The minimum atomic E-state index is 0.681. The Morgan fingerprint density at radius 1 is 1.07 bits per heavy atom. The van der Waals surface area contributed by atoms with E-state index in [9.17, 15) is 0 Å². The highest BCUT2D eigenvalue weighted by atomic mass is 15.4. The van der Waals surface area contributed by atoms with Crippen molar-refractivity contribution in [3.63, 3.8) is 0 Å². The van der Waals surface area contributed by atoms with Gasteiger partial charge in [0.05, 0.1) is 5.52 Å². The summed E-state index contributed by atoms with van der Waals surface area (Å²) < 4.78 is 1.83. The summed E-state index contributed by atoms with van der Waals surface area (Å²) >= 11 is 0. The number of nitrogens with one attached hydrogen (secondary N) is 1. The smallest absolute Gasteiger partial charge is 0.226 e. The highest BCUT2D eigenvalue weighted by molar-refractivity contribution is 5.92. The van der Waals surface area contributed by atoms with Crippen molar-refractivity contribution >= 4 is 22.5 Å². The number of nitrogens with zero attached hydrogens (tertiary/aromatic N) is 6. The minimum Gasteiger partial charge on any atom is -0.354 e. The van der Waals surface area contributed by atoms with E-state index in [2.05, 4.69) is 22.1 Å². The van der Waals surface area contributed by atoms with Crippen LogP contribution in [0, 0.1) is 0 Å². The number of hydrogen-bond donors (Lipinski definition) is 1. The van der Waals surface area contributed by atoms with Gasteiger partial charge in [-0.05, 0) is 57.0 Å². The molecule has 5 rings (SSSR count). The summed E-state index contributed by atoms with van der Waals surface area (Å²) in [6.07, 6.45) is 8.60. The van der Waals surface area contributed by atoms with E-state index in [4.69, 9.17) is 15.1 Å². The zero-order chi connectivity index (χ0) is 20.3. The number of benzene rings is 1. The van der Waals surface area contributed by atoms with Gasteiger partial charge in [0.25, 0.3) is 0 Å². The first-order chi connectivity index (χ1) is 14.8. The van der Waals surface area contributed by atoms with Gasteiger partial charge >= 0.3 is 0 Å². The molecule has 1 N–H and O–H groups in total. The number of anilines is 1. The zero-order valence-corrected chi connectivity index (χ0v) is 17.3. The molecule has 3 aromatic heterocycles.